The van der Waals surface area contributed by atoms with E-state index >= 15 is 0 Å². The number of carbonyl (C=O) groups is 12. The maximum absolute atomic E-state index is 14.2. The monoisotopic (exact) mass is 1200 g/mol. The van der Waals surface area contributed by atoms with Crippen molar-refractivity contribution in [3.05, 3.63) is 77.6 Å². The third-order valence-electron chi connectivity index (χ3n) is 14.0. The summed E-state index contributed by atoms with van der Waals surface area (Å²) < 4.78 is 14.2. The quantitative estimate of drug-likeness (QED) is 0.0257. The van der Waals surface area contributed by atoms with Gasteiger partial charge in [-0.15, -0.1) is 0 Å². The summed E-state index contributed by atoms with van der Waals surface area (Å²) in [5.74, 6) is -13.4. The van der Waals surface area contributed by atoms with Crippen molar-refractivity contribution in [2.45, 2.75) is 166 Å². The number of benzene rings is 3. The number of ketones is 1. The lowest BCUT2D eigenvalue weighted by atomic mass is 9.94. The molecular weight excluding hydrogens is 1130 g/mol. The number of nitrogens with zero attached hydrogens (tertiary/aromatic N) is 1. The second kappa shape index (κ2) is 35.9. The first-order valence-electron chi connectivity index (χ1n) is 28.4. The molecule has 0 saturated heterocycles. The summed E-state index contributed by atoms with van der Waals surface area (Å²) >= 11 is 0. The highest BCUT2D eigenvalue weighted by Gasteiger charge is 2.29. The van der Waals surface area contributed by atoms with Gasteiger partial charge in [-0.05, 0) is 86.4 Å². The normalized spacial score (nSPS) is 12.8. The molecule has 26 nitrogen and oxygen atoms in total. The number of aliphatic carboxylic acids is 5. The van der Waals surface area contributed by atoms with Crippen molar-refractivity contribution in [2.75, 3.05) is 17.2 Å². The number of H-pyrrole nitrogens is 1. The van der Waals surface area contributed by atoms with Crippen LogP contribution in [0.1, 0.15) is 140 Å². The van der Waals surface area contributed by atoms with Gasteiger partial charge in [0.25, 0.3) is 0 Å². The number of halogens is 1. The molecule has 1 aromatic heterocycles. The van der Waals surface area contributed by atoms with Crippen LogP contribution in [-0.2, 0) is 64.0 Å². The number of carboxylic acids is 5. The maximum atomic E-state index is 14.2. The molecule has 27 heteroatoms. The highest BCUT2D eigenvalue weighted by Crippen LogP contribution is 2.33. The topological polar surface area (TPSA) is 433 Å². The number of fused-ring (bicyclic) bond motifs is 1. The average Bonchev–Trinajstić information content (AvgIpc) is 3.26. The summed E-state index contributed by atoms with van der Waals surface area (Å²) in [4.78, 5) is 146. The summed E-state index contributed by atoms with van der Waals surface area (Å²) in [6.07, 6.45) is 2.98. The van der Waals surface area contributed by atoms with Gasteiger partial charge in [-0.25, -0.2) is 18.8 Å². The van der Waals surface area contributed by atoms with Gasteiger partial charge in [0.2, 0.25) is 35.4 Å². The minimum atomic E-state index is -1.69. The molecule has 6 amide bonds. The lowest BCUT2D eigenvalue weighted by Gasteiger charge is -2.19. The number of aryl methyl sites for hydroxylation is 1. The summed E-state index contributed by atoms with van der Waals surface area (Å²) in [5, 5.41) is 69.9. The molecular formula is C59H76FN9O17. The number of hydrogen-bond donors (Lipinski definition) is 13. The van der Waals surface area contributed by atoms with Crippen LogP contribution < -0.4 is 37.6 Å². The average molecular weight is 1200 g/mol. The van der Waals surface area contributed by atoms with E-state index in [0.29, 0.717) is 42.9 Å². The molecule has 0 aliphatic carbocycles. The largest absolute Gasteiger partial charge is 0.481 e. The smallest absolute Gasteiger partial charge is 0.326 e. The Labute approximate surface area is 494 Å². The first-order valence-corrected chi connectivity index (χ1v) is 28.4. The van der Waals surface area contributed by atoms with Gasteiger partial charge < -0.3 is 63.2 Å². The number of nitrogens with two attached hydrogens (primary N) is 1. The van der Waals surface area contributed by atoms with E-state index in [2.05, 4.69) is 42.1 Å². The predicted molar refractivity (Wildman–Crippen MR) is 309 cm³/mol. The Balaban J connectivity index is 1.05. The van der Waals surface area contributed by atoms with Gasteiger partial charge in [-0.3, -0.25) is 48.2 Å². The van der Waals surface area contributed by atoms with Gasteiger partial charge in [0.15, 0.2) is 5.82 Å². The molecule has 3 aromatic carbocycles. The van der Waals surface area contributed by atoms with Crippen LogP contribution in [0.2, 0.25) is 0 Å². The number of aromatic nitrogens is 2. The van der Waals surface area contributed by atoms with E-state index in [9.17, 15) is 82.4 Å². The van der Waals surface area contributed by atoms with Crippen molar-refractivity contribution >= 4 is 93.5 Å². The molecule has 4 aromatic rings. The van der Waals surface area contributed by atoms with Crippen molar-refractivity contribution in [2.24, 2.45) is 11.7 Å². The van der Waals surface area contributed by atoms with Gasteiger partial charge >= 0.3 is 29.8 Å². The zero-order chi connectivity index (χ0) is 63.3. The lowest BCUT2D eigenvalue weighted by Crippen LogP contribution is -2.50. The van der Waals surface area contributed by atoms with E-state index in [1.807, 2.05) is 37.3 Å². The maximum Gasteiger partial charge on any atom is 0.326 e. The molecule has 466 valence electrons. The molecule has 4 rings (SSSR count). The van der Waals surface area contributed by atoms with Gasteiger partial charge in [-0.1, -0.05) is 86.9 Å². The Hall–Kier alpha value is -9.14. The summed E-state index contributed by atoms with van der Waals surface area (Å²) in [6, 6.07) is 11.1. The SMILES string of the molecule is Cc1ccc(F)c(CC(=O)Nc2ccc(-c3cccc4[nH]nc(NC(=O)CCCCCCCCCCCNC(=O)C[C@H](N)C(=O)N[C@@H](CCC(=O)N[C@@H](CCC(=O)N[C@@H](CCC(=O)C[C@@H](CCC(=O)O)C(=O)O)C(=O)O)C(=O)O)C(=O)O)c34)cc2)c1. The molecule has 0 aliphatic rings. The van der Waals surface area contributed by atoms with E-state index in [0.717, 1.165) is 72.5 Å². The predicted octanol–water partition coefficient (Wildman–Crippen LogP) is 5.11. The van der Waals surface area contributed by atoms with Crippen molar-refractivity contribution in [1.29, 1.82) is 0 Å². The highest BCUT2D eigenvalue weighted by molar-refractivity contribution is 6.07. The van der Waals surface area contributed by atoms with Gasteiger partial charge in [0.05, 0.1) is 35.7 Å². The van der Waals surface area contributed by atoms with Crippen LogP contribution in [0.4, 0.5) is 15.9 Å². The van der Waals surface area contributed by atoms with E-state index in [1.54, 1.807) is 24.3 Å². The fraction of sp³-hybridized carbons (Fsp3) is 0.475. The number of nitrogens with one attached hydrogen (secondary N) is 7. The van der Waals surface area contributed by atoms with Gasteiger partial charge in [0.1, 0.15) is 29.7 Å². The molecule has 1 heterocycles. The van der Waals surface area contributed by atoms with Crippen molar-refractivity contribution in [3.8, 4) is 11.1 Å². The molecule has 86 heavy (non-hydrogen) atoms. The molecule has 0 aliphatic heterocycles. The number of rotatable bonds is 41. The zero-order valence-electron chi connectivity index (χ0n) is 47.8. The van der Waals surface area contributed by atoms with Gasteiger partial charge in [-0.2, -0.15) is 5.10 Å². The fourth-order valence-electron chi connectivity index (χ4n) is 9.22. The molecule has 0 bridgehead atoms. The van der Waals surface area contributed by atoms with Crippen LogP contribution in [0.25, 0.3) is 22.0 Å². The third-order valence-corrected chi connectivity index (χ3v) is 14.0. The van der Waals surface area contributed by atoms with Crippen LogP contribution in [0.3, 0.4) is 0 Å². The number of carbonyl (C=O) groups excluding carboxylic acids is 7. The third kappa shape index (κ3) is 25.0. The molecule has 0 fully saturated rings. The van der Waals surface area contributed by atoms with Crippen molar-refractivity contribution in [3.63, 3.8) is 0 Å². The second-order valence-corrected chi connectivity index (χ2v) is 21.0. The Kier molecular flexibility index (Phi) is 28.9. The number of carboxylic acid groups (broad SMARTS) is 5. The van der Waals surface area contributed by atoms with Crippen molar-refractivity contribution in [1.82, 2.24) is 31.5 Å². The summed E-state index contributed by atoms with van der Waals surface area (Å²) in [5.41, 5.74) is 10.0. The Morgan fingerprint density at radius 1 is 0.570 bits per heavy atom. The molecule has 5 atom stereocenters. The minimum Gasteiger partial charge on any atom is -0.481 e. The highest BCUT2D eigenvalue weighted by atomic mass is 19.1. The van der Waals surface area contributed by atoms with E-state index in [1.165, 1.54) is 6.07 Å². The fourth-order valence-corrected chi connectivity index (χ4v) is 9.22. The molecule has 14 N–H and O–H groups in total. The number of hydrogen-bond acceptors (Lipinski definition) is 14. The molecule has 0 saturated carbocycles. The summed E-state index contributed by atoms with van der Waals surface area (Å²) in [6.45, 7) is 2.15. The summed E-state index contributed by atoms with van der Waals surface area (Å²) in [7, 11) is 0. The number of anilines is 2. The van der Waals surface area contributed by atoms with Crippen LogP contribution in [-0.4, -0.2) is 138 Å². The number of unbranched alkanes of at least 4 members (excludes halogenated alkanes) is 8. The first-order chi connectivity index (χ1) is 40.9. The van der Waals surface area contributed by atoms with E-state index in [-0.39, 0.29) is 24.7 Å². The van der Waals surface area contributed by atoms with Crippen molar-refractivity contribution < 1.29 is 87.5 Å². The standard InChI is InChI=1S/C59H76FN9O17/c1-34-15-22-41(60)37(30-34)32-51(75)63-38-19-16-35(17-20-38)40-12-11-13-43-53(40)54(69-68-43)67-47(71)14-9-7-5-3-2-4-6-8-10-29-62-50(74)33-42(61)55(78)66-46(59(85)86)25-27-49(73)65-45(58(83)84)24-26-48(72)64-44(57(81)82)23-21-39(70)31-36(56(79)80)18-28-52(76)77/h11-13,15-17,19-20,22,30,36,42,44-46H,2-10,14,18,21,23-29,31-33,61H2,1H3,(H,62,74)(H,63,75)(H,64,72)(H,65,73)(H,66,78)(H,76,77)(H,79,80)(H,81,82)(H,83,84)(H,85,86)(H2,67,68,69,71)/t36-,42+,44+,45+,46+/m1/s1. The second-order valence-electron chi connectivity index (χ2n) is 21.0. The number of aromatic amines is 1. The van der Waals surface area contributed by atoms with Gasteiger partial charge in [0, 0.05) is 50.8 Å². The Morgan fingerprint density at radius 3 is 1.72 bits per heavy atom. The number of amides is 6. The minimum absolute atomic E-state index is 0.101. The Morgan fingerprint density at radius 2 is 1.14 bits per heavy atom. The number of Topliss-reactive ketones (excluding diaryl/α,β-unsaturated/α-hetero) is 1. The van der Waals surface area contributed by atoms with Crippen LogP contribution in [0.15, 0.2) is 60.7 Å². The lowest BCUT2D eigenvalue weighted by molar-refractivity contribution is -0.145. The zero-order valence-corrected chi connectivity index (χ0v) is 47.8. The first kappa shape index (κ1) is 69.4. The Bertz CT molecular complexity index is 3040. The van der Waals surface area contributed by atoms with E-state index < -0.39 is 153 Å². The molecule has 0 radical (unpaired) electrons. The molecule has 0 unspecified atom stereocenters. The van der Waals surface area contributed by atoms with Crippen LogP contribution in [0.5, 0.6) is 0 Å². The van der Waals surface area contributed by atoms with Crippen LogP contribution in [0, 0.1) is 18.7 Å². The van der Waals surface area contributed by atoms with E-state index in [4.69, 9.17) is 10.8 Å². The van der Waals surface area contributed by atoms with Crippen LogP contribution >= 0.6 is 0 Å². The molecule has 0 spiro atoms.